The van der Waals surface area contributed by atoms with E-state index in [1.807, 2.05) is 31.2 Å². The van der Waals surface area contributed by atoms with Crippen LogP contribution in [0, 0.1) is 12.3 Å². The van der Waals surface area contributed by atoms with Crippen molar-refractivity contribution in [3.63, 3.8) is 0 Å². The Morgan fingerprint density at radius 1 is 1.33 bits per heavy atom. The number of furan rings is 1. The van der Waals surface area contributed by atoms with Gasteiger partial charge in [-0.15, -0.1) is 0 Å². The van der Waals surface area contributed by atoms with Crippen molar-refractivity contribution < 1.29 is 14.3 Å². The molecule has 1 aliphatic rings. The molecule has 2 aromatic rings. The summed E-state index contributed by atoms with van der Waals surface area (Å²) in [6.45, 7) is 8.15. The number of hydrogen-bond acceptors (Lipinski definition) is 3. The molecule has 0 saturated carbocycles. The molecule has 1 aromatic carbocycles. The molecule has 128 valence electrons. The molecule has 4 heteroatoms. The van der Waals surface area contributed by atoms with Crippen LogP contribution in [0.5, 0.6) is 0 Å². The Bertz CT molecular complexity index is 756. The Balaban J connectivity index is 1.86. The Labute approximate surface area is 142 Å². The standard InChI is InChI=1S/C20H25NO3/c1-5-13-6-8-14(9-7-13)21-19(23)18-12(2)17-15(22)10-20(3,4)11-16(17)24-18/h6-9,15,22H,5,10-11H2,1-4H3,(H,21,23). The van der Waals surface area contributed by atoms with Gasteiger partial charge in [-0.1, -0.05) is 32.9 Å². The SMILES string of the molecule is CCc1ccc(NC(=O)c2oc3c(c2C)C(O)CC(C)(C)C3)cc1. The Morgan fingerprint density at radius 3 is 2.62 bits per heavy atom. The van der Waals surface area contributed by atoms with Crippen LogP contribution in [-0.4, -0.2) is 11.0 Å². The summed E-state index contributed by atoms with van der Waals surface area (Å²) in [6.07, 6.45) is 1.81. The van der Waals surface area contributed by atoms with Gasteiger partial charge in [-0.3, -0.25) is 4.79 Å². The highest BCUT2D eigenvalue weighted by molar-refractivity contribution is 6.03. The number of rotatable bonds is 3. The minimum Gasteiger partial charge on any atom is -0.455 e. The minimum atomic E-state index is -0.571. The van der Waals surface area contributed by atoms with E-state index in [0.717, 1.165) is 35.4 Å². The summed E-state index contributed by atoms with van der Waals surface area (Å²) in [5, 5.41) is 13.3. The number of hydrogen-bond donors (Lipinski definition) is 2. The second-order valence-corrected chi connectivity index (χ2v) is 7.46. The van der Waals surface area contributed by atoms with E-state index in [1.54, 1.807) is 0 Å². The van der Waals surface area contributed by atoms with Crippen LogP contribution in [0.4, 0.5) is 5.69 Å². The fourth-order valence-corrected chi connectivity index (χ4v) is 3.51. The third-order valence-corrected chi connectivity index (χ3v) is 4.81. The summed E-state index contributed by atoms with van der Waals surface area (Å²) in [7, 11) is 0. The van der Waals surface area contributed by atoms with E-state index in [-0.39, 0.29) is 11.3 Å². The fourth-order valence-electron chi connectivity index (χ4n) is 3.51. The van der Waals surface area contributed by atoms with Gasteiger partial charge in [0.2, 0.25) is 0 Å². The molecule has 4 nitrogen and oxygen atoms in total. The van der Waals surface area contributed by atoms with Crippen LogP contribution < -0.4 is 5.32 Å². The molecule has 0 radical (unpaired) electrons. The number of aliphatic hydroxyl groups is 1. The highest BCUT2D eigenvalue weighted by Crippen LogP contribution is 2.44. The van der Waals surface area contributed by atoms with E-state index in [4.69, 9.17) is 4.42 Å². The van der Waals surface area contributed by atoms with E-state index >= 15 is 0 Å². The molecule has 1 aromatic heterocycles. The summed E-state index contributed by atoms with van der Waals surface area (Å²) in [4.78, 5) is 12.6. The maximum absolute atomic E-state index is 12.6. The second-order valence-electron chi connectivity index (χ2n) is 7.46. The first-order valence-corrected chi connectivity index (χ1v) is 8.51. The quantitative estimate of drug-likeness (QED) is 0.878. The molecule has 1 atom stereocenters. The van der Waals surface area contributed by atoms with Crippen molar-refractivity contribution in [1.29, 1.82) is 0 Å². The number of carbonyl (C=O) groups is 1. The number of anilines is 1. The number of benzene rings is 1. The summed E-state index contributed by atoms with van der Waals surface area (Å²) in [6, 6.07) is 7.80. The zero-order valence-corrected chi connectivity index (χ0v) is 14.8. The molecule has 0 bridgehead atoms. The van der Waals surface area contributed by atoms with E-state index in [2.05, 4.69) is 26.1 Å². The zero-order chi connectivity index (χ0) is 17.5. The van der Waals surface area contributed by atoms with Crippen molar-refractivity contribution in [2.45, 2.75) is 53.1 Å². The van der Waals surface area contributed by atoms with Crippen LogP contribution in [0.1, 0.15) is 66.3 Å². The third-order valence-electron chi connectivity index (χ3n) is 4.81. The lowest BCUT2D eigenvalue weighted by atomic mass is 9.75. The lowest BCUT2D eigenvalue weighted by Crippen LogP contribution is -2.24. The van der Waals surface area contributed by atoms with Gasteiger partial charge in [-0.2, -0.15) is 0 Å². The van der Waals surface area contributed by atoms with Crippen LogP contribution in [0.15, 0.2) is 28.7 Å². The van der Waals surface area contributed by atoms with Gasteiger partial charge in [0.05, 0.1) is 6.10 Å². The summed E-state index contributed by atoms with van der Waals surface area (Å²) in [5.41, 5.74) is 3.48. The monoisotopic (exact) mass is 327 g/mol. The molecule has 3 rings (SSSR count). The zero-order valence-electron chi connectivity index (χ0n) is 14.8. The van der Waals surface area contributed by atoms with Crippen LogP contribution >= 0.6 is 0 Å². The molecule has 0 fully saturated rings. The molecule has 1 unspecified atom stereocenters. The first-order chi connectivity index (χ1) is 11.3. The maximum atomic E-state index is 12.6. The number of amides is 1. The summed E-state index contributed by atoms with van der Waals surface area (Å²) >= 11 is 0. The van der Waals surface area contributed by atoms with Gasteiger partial charge >= 0.3 is 0 Å². The molecule has 0 aliphatic heterocycles. The number of carbonyl (C=O) groups excluding carboxylic acids is 1. The summed E-state index contributed by atoms with van der Waals surface area (Å²) < 4.78 is 5.85. The van der Waals surface area contributed by atoms with Crippen LogP contribution in [0.25, 0.3) is 0 Å². The van der Waals surface area contributed by atoms with Crippen molar-refractivity contribution in [3.05, 3.63) is 52.5 Å². The van der Waals surface area contributed by atoms with Crippen molar-refractivity contribution in [1.82, 2.24) is 0 Å². The van der Waals surface area contributed by atoms with Gasteiger partial charge in [0.25, 0.3) is 5.91 Å². The molecular weight excluding hydrogens is 302 g/mol. The van der Waals surface area contributed by atoms with E-state index in [9.17, 15) is 9.90 Å². The number of aryl methyl sites for hydroxylation is 1. The largest absolute Gasteiger partial charge is 0.455 e. The van der Waals surface area contributed by atoms with E-state index < -0.39 is 6.10 Å². The van der Waals surface area contributed by atoms with Crippen molar-refractivity contribution in [2.24, 2.45) is 5.41 Å². The Kier molecular flexibility index (Phi) is 4.26. The van der Waals surface area contributed by atoms with Crippen molar-refractivity contribution >= 4 is 11.6 Å². The average Bonchev–Trinajstić information content (AvgIpc) is 2.83. The molecule has 0 saturated heterocycles. The van der Waals surface area contributed by atoms with Crippen LogP contribution in [-0.2, 0) is 12.8 Å². The Morgan fingerprint density at radius 2 is 2.00 bits per heavy atom. The first kappa shape index (κ1) is 16.8. The number of aliphatic hydroxyl groups excluding tert-OH is 1. The molecule has 0 spiro atoms. The Hall–Kier alpha value is -2.07. The smallest absolute Gasteiger partial charge is 0.291 e. The number of nitrogens with one attached hydrogen (secondary N) is 1. The van der Waals surface area contributed by atoms with Crippen LogP contribution in [0.2, 0.25) is 0 Å². The van der Waals surface area contributed by atoms with E-state index in [0.29, 0.717) is 12.2 Å². The molecule has 1 aliphatic carbocycles. The lowest BCUT2D eigenvalue weighted by molar-refractivity contribution is 0.0910. The minimum absolute atomic E-state index is 0.0273. The van der Waals surface area contributed by atoms with Crippen molar-refractivity contribution in [2.75, 3.05) is 5.32 Å². The molecule has 24 heavy (non-hydrogen) atoms. The molecule has 1 amide bonds. The lowest BCUT2D eigenvalue weighted by Gasteiger charge is -2.31. The predicted octanol–water partition coefficient (Wildman–Crippen LogP) is 4.41. The molecule has 2 N–H and O–H groups in total. The highest BCUT2D eigenvalue weighted by atomic mass is 16.4. The van der Waals surface area contributed by atoms with E-state index in [1.165, 1.54) is 5.56 Å². The topological polar surface area (TPSA) is 62.5 Å². The van der Waals surface area contributed by atoms with Gasteiger partial charge in [0.15, 0.2) is 5.76 Å². The number of fused-ring (bicyclic) bond motifs is 1. The third kappa shape index (κ3) is 3.11. The van der Waals surface area contributed by atoms with Gasteiger partial charge in [-0.25, -0.2) is 0 Å². The first-order valence-electron chi connectivity index (χ1n) is 8.51. The van der Waals surface area contributed by atoms with Gasteiger partial charge in [0, 0.05) is 23.2 Å². The fraction of sp³-hybridized carbons (Fsp3) is 0.450. The highest BCUT2D eigenvalue weighted by Gasteiger charge is 2.37. The van der Waals surface area contributed by atoms with Crippen molar-refractivity contribution in [3.8, 4) is 0 Å². The predicted molar refractivity (Wildman–Crippen MR) is 94.3 cm³/mol. The van der Waals surface area contributed by atoms with Gasteiger partial charge < -0.3 is 14.8 Å². The van der Waals surface area contributed by atoms with Gasteiger partial charge in [-0.05, 0) is 42.9 Å². The average molecular weight is 327 g/mol. The normalized spacial score (nSPS) is 19.0. The molecule has 1 heterocycles. The van der Waals surface area contributed by atoms with Gasteiger partial charge in [0.1, 0.15) is 5.76 Å². The second kappa shape index (κ2) is 6.10. The maximum Gasteiger partial charge on any atom is 0.291 e. The molecular formula is C20H25NO3. The summed E-state index contributed by atoms with van der Waals surface area (Å²) in [5.74, 6) is 0.773. The van der Waals surface area contributed by atoms with Crippen LogP contribution in [0.3, 0.4) is 0 Å².